The summed E-state index contributed by atoms with van der Waals surface area (Å²) in [6.07, 6.45) is 4.18. The average molecular weight is 481 g/mol. The van der Waals surface area contributed by atoms with Crippen LogP contribution in [0.15, 0.2) is 67.0 Å². The summed E-state index contributed by atoms with van der Waals surface area (Å²) < 4.78 is 28.4. The van der Waals surface area contributed by atoms with E-state index >= 15 is 0 Å². The van der Waals surface area contributed by atoms with E-state index in [4.69, 9.17) is 11.6 Å². The first-order chi connectivity index (χ1) is 16.0. The molecule has 1 N–H and O–H groups in total. The highest BCUT2D eigenvalue weighted by molar-refractivity contribution is 7.86. The van der Waals surface area contributed by atoms with Gasteiger partial charge in [0.1, 0.15) is 16.8 Å². The lowest BCUT2D eigenvalue weighted by atomic mass is 10.1. The number of pyridine rings is 2. The molecular formula is C24H18ClFN4O2S. The van der Waals surface area contributed by atoms with Crippen LogP contribution in [-0.2, 0) is 11.0 Å². The van der Waals surface area contributed by atoms with E-state index in [1.54, 1.807) is 41.0 Å². The van der Waals surface area contributed by atoms with Crippen LogP contribution in [-0.4, -0.2) is 32.4 Å². The Labute approximate surface area is 197 Å². The summed E-state index contributed by atoms with van der Waals surface area (Å²) in [5, 5.41) is 4.10. The summed E-state index contributed by atoms with van der Waals surface area (Å²) in [5.74, 6) is -0.702. The van der Waals surface area contributed by atoms with Crippen LogP contribution in [0.1, 0.15) is 16.8 Å². The molecule has 0 aliphatic carbocycles. The van der Waals surface area contributed by atoms with E-state index in [9.17, 15) is 13.4 Å². The molecule has 1 amide bonds. The molecule has 0 bridgehead atoms. The van der Waals surface area contributed by atoms with Gasteiger partial charge < -0.3 is 5.32 Å². The Kier molecular flexibility index (Phi) is 5.78. The highest BCUT2D eigenvalue weighted by atomic mass is 35.5. The van der Waals surface area contributed by atoms with Crippen molar-refractivity contribution in [3.8, 4) is 11.3 Å². The number of carbonyl (C=O) groups is 1. The van der Waals surface area contributed by atoms with Crippen LogP contribution in [0.5, 0.6) is 0 Å². The molecule has 5 rings (SSSR count). The highest BCUT2D eigenvalue weighted by Crippen LogP contribution is 2.31. The Balaban J connectivity index is 1.40. The van der Waals surface area contributed by atoms with Crippen LogP contribution < -0.4 is 9.62 Å². The number of anilines is 2. The number of nitrogens with zero attached hydrogens (tertiary/aromatic N) is 3. The molecule has 1 aliphatic heterocycles. The Hall–Kier alpha value is -3.36. The minimum Gasteiger partial charge on any atom is -0.322 e. The third kappa shape index (κ3) is 4.31. The lowest BCUT2D eigenvalue weighted by Crippen LogP contribution is -2.20. The molecule has 0 saturated carbocycles. The van der Waals surface area contributed by atoms with Crippen LogP contribution in [0.2, 0.25) is 5.02 Å². The van der Waals surface area contributed by atoms with Crippen LogP contribution in [0.4, 0.5) is 15.8 Å². The fourth-order valence-electron chi connectivity index (χ4n) is 3.75. The molecular weight excluding hydrogens is 463 g/mol. The fourth-order valence-corrected chi connectivity index (χ4v) is 5.24. The van der Waals surface area contributed by atoms with Crippen molar-refractivity contribution >= 4 is 50.8 Å². The van der Waals surface area contributed by atoms with E-state index in [0.29, 0.717) is 40.0 Å². The van der Waals surface area contributed by atoms with E-state index in [1.807, 2.05) is 18.2 Å². The van der Waals surface area contributed by atoms with Crippen molar-refractivity contribution in [1.29, 1.82) is 0 Å². The van der Waals surface area contributed by atoms with Gasteiger partial charge in [0.25, 0.3) is 5.91 Å². The van der Waals surface area contributed by atoms with Crippen molar-refractivity contribution in [2.45, 2.75) is 6.42 Å². The number of fused-ring (bicyclic) bond motifs is 1. The summed E-state index contributed by atoms with van der Waals surface area (Å²) in [6.45, 7) is 0.602. The molecule has 0 spiro atoms. The van der Waals surface area contributed by atoms with Crippen molar-refractivity contribution in [2.75, 3.05) is 21.9 Å². The molecule has 0 radical (unpaired) electrons. The minimum atomic E-state index is -1.16. The number of aromatic nitrogens is 2. The number of amides is 1. The lowest BCUT2D eigenvalue weighted by Gasteiger charge is -2.16. The van der Waals surface area contributed by atoms with Crippen LogP contribution in [0, 0.1) is 5.82 Å². The quantitative estimate of drug-likeness (QED) is 0.435. The molecule has 2 aromatic heterocycles. The summed E-state index contributed by atoms with van der Waals surface area (Å²) in [5.41, 5.74) is 2.92. The molecule has 1 unspecified atom stereocenters. The Morgan fingerprint density at radius 1 is 1.12 bits per heavy atom. The predicted octanol–water partition coefficient (Wildman–Crippen LogP) is 5.22. The average Bonchev–Trinajstić information content (AvgIpc) is 3.25. The van der Waals surface area contributed by atoms with E-state index in [1.165, 1.54) is 12.1 Å². The molecule has 1 fully saturated rings. The van der Waals surface area contributed by atoms with Gasteiger partial charge in [-0.2, -0.15) is 0 Å². The summed E-state index contributed by atoms with van der Waals surface area (Å²) in [7, 11) is -1.16. The molecule has 33 heavy (non-hydrogen) atoms. The number of halogens is 2. The number of rotatable bonds is 4. The molecule has 9 heteroatoms. The van der Waals surface area contributed by atoms with Crippen LogP contribution >= 0.6 is 11.6 Å². The van der Waals surface area contributed by atoms with Crippen molar-refractivity contribution < 1.29 is 13.4 Å². The van der Waals surface area contributed by atoms with Gasteiger partial charge in [-0.3, -0.25) is 14.1 Å². The second-order valence-corrected chi connectivity index (χ2v) is 9.46. The molecule has 2 aromatic carbocycles. The summed E-state index contributed by atoms with van der Waals surface area (Å²) >= 11 is 6.40. The smallest absolute Gasteiger partial charge is 0.258 e. The summed E-state index contributed by atoms with van der Waals surface area (Å²) in [6, 6.07) is 14.8. The predicted molar refractivity (Wildman–Crippen MR) is 129 cm³/mol. The monoisotopic (exact) mass is 480 g/mol. The zero-order valence-electron chi connectivity index (χ0n) is 17.3. The molecule has 6 nitrogen and oxygen atoms in total. The molecule has 4 aromatic rings. The van der Waals surface area contributed by atoms with Crippen LogP contribution in [0.25, 0.3) is 22.2 Å². The molecule has 1 atom stereocenters. The SMILES string of the molecule is O=C(Nc1ccc(Cl)c(-c2ccc3cnccc3n2)c1)c1ccc(N2CCCS2=O)cc1F. The van der Waals surface area contributed by atoms with Crippen molar-refractivity contribution in [1.82, 2.24) is 9.97 Å². The van der Waals surface area contributed by atoms with Gasteiger partial charge in [0, 0.05) is 41.3 Å². The van der Waals surface area contributed by atoms with Crippen molar-refractivity contribution in [3.63, 3.8) is 0 Å². The van der Waals surface area contributed by atoms with Gasteiger partial charge in [0.2, 0.25) is 0 Å². The van der Waals surface area contributed by atoms with Gasteiger partial charge in [0.15, 0.2) is 0 Å². The Morgan fingerprint density at radius 3 is 2.79 bits per heavy atom. The van der Waals surface area contributed by atoms with Gasteiger partial charge >= 0.3 is 0 Å². The van der Waals surface area contributed by atoms with Crippen LogP contribution in [0.3, 0.4) is 0 Å². The standard InChI is InChI=1S/C24H18ClFN4O2S/c25-20-6-3-16(12-19(20)23-7-2-15-14-27-9-8-22(15)29-23)28-24(31)18-5-4-17(13-21(18)26)30-10-1-11-33(30)32/h2-9,12-14H,1,10-11H2,(H,28,31). The first kappa shape index (κ1) is 21.5. The first-order valence-corrected chi connectivity index (χ1v) is 11.9. The van der Waals surface area contributed by atoms with Crippen molar-refractivity contribution in [2.24, 2.45) is 0 Å². The van der Waals surface area contributed by atoms with Gasteiger partial charge in [-0.15, -0.1) is 0 Å². The molecule has 1 saturated heterocycles. The van der Waals surface area contributed by atoms with Crippen molar-refractivity contribution in [3.05, 3.63) is 83.4 Å². The molecule has 1 aliphatic rings. The lowest BCUT2D eigenvalue weighted by molar-refractivity contribution is 0.102. The van der Waals surface area contributed by atoms with E-state index < -0.39 is 22.7 Å². The first-order valence-electron chi connectivity index (χ1n) is 10.3. The zero-order chi connectivity index (χ0) is 22.9. The van der Waals surface area contributed by atoms with E-state index in [-0.39, 0.29) is 5.56 Å². The van der Waals surface area contributed by atoms with Gasteiger partial charge in [-0.05, 0) is 61.0 Å². The second kappa shape index (κ2) is 8.88. The van der Waals surface area contributed by atoms with E-state index in [2.05, 4.69) is 15.3 Å². The normalized spacial score (nSPS) is 15.7. The largest absolute Gasteiger partial charge is 0.322 e. The number of benzene rings is 2. The number of carbonyl (C=O) groups excluding carboxylic acids is 1. The fraction of sp³-hybridized carbons (Fsp3) is 0.125. The maximum atomic E-state index is 14.7. The number of hydrogen-bond acceptors (Lipinski definition) is 4. The summed E-state index contributed by atoms with van der Waals surface area (Å²) in [4.78, 5) is 21.5. The Morgan fingerprint density at radius 2 is 2.00 bits per heavy atom. The van der Waals surface area contributed by atoms with Gasteiger partial charge in [-0.25, -0.2) is 13.6 Å². The third-order valence-corrected chi connectivity index (χ3v) is 7.25. The zero-order valence-corrected chi connectivity index (χ0v) is 18.9. The third-order valence-electron chi connectivity index (χ3n) is 5.40. The Bertz CT molecular complexity index is 1410. The second-order valence-electron chi connectivity index (χ2n) is 7.56. The van der Waals surface area contributed by atoms with Gasteiger partial charge in [0.05, 0.1) is 27.5 Å². The molecule has 3 heterocycles. The number of nitrogens with one attached hydrogen (secondary N) is 1. The topological polar surface area (TPSA) is 75.2 Å². The van der Waals surface area contributed by atoms with E-state index in [0.717, 1.165) is 17.3 Å². The maximum absolute atomic E-state index is 14.7. The minimum absolute atomic E-state index is 0.100. The molecule has 166 valence electrons. The number of hydrogen-bond donors (Lipinski definition) is 1. The van der Waals surface area contributed by atoms with Gasteiger partial charge in [-0.1, -0.05) is 11.6 Å². The maximum Gasteiger partial charge on any atom is 0.258 e. The highest BCUT2D eigenvalue weighted by Gasteiger charge is 2.22.